The van der Waals surface area contributed by atoms with Crippen molar-refractivity contribution in [2.24, 2.45) is 0 Å². The minimum atomic E-state index is -3.66. The highest BCUT2D eigenvalue weighted by Crippen LogP contribution is 2.19. The molecule has 2 aromatic carbocycles. The van der Waals surface area contributed by atoms with E-state index < -0.39 is 27.6 Å². The van der Waals surface area contributed by atoms with Gasteiger partial charge in [-0.3, -0.25) is 4.79 Å². The summed E-state index contributed by atoms with van der Waals surface area (Å²) in [4.78, 5) is 12.0. The van der Waals surface area contributed by atoms with Crippen LogP contribution < -0.4 is 5.32 Å². The normalized spacial score (nSPS) is 11.5. The van der Waals surface area contributed by atoms with E-state index in [4.69, 9.17) is 0 Å². The van der Waals surface area contributed by atoms with E-state index in [2.05, 4.69) is 5.32 Å². The summed E-state index contributed by atoms with van der Waals surface area (Å²) in [7, 11) is -0.888. The molecule has 0 aromatic heterocycles. The zero-order chi connectivity index (χ0) is 17.2. The van der Waals surface area contributed by atoms with E-state index in [0.29, 0.717) is 6.07 Å². The number of nitrogens with one attached hydrogen (secondary N) is 1. The fraction of sp³-hybridized carbons (Fsp3) is 0.133. The molecule has 2 aromatic rings. The second-order valence-corrected chi connectivity index (χ2v) is 7.05. The van der Waals surface area contributed by atoms with E-state index >= 15 is 0 Å². The zero-order valence-electron chi connectivity index (χ0n) is 12.4. The van der Waals surface area contributed by atoms with E-state index in [1.54, 1.807) is 0 Å². The number of carbonyl (C=O) groups is 1. The average Bonchev–Trinajstić information content (AvgIpc) is 2.47. The first-order valence-electron chi connectivity index (χ1n) is 6.51. The van der Waals surface area contributed by atoms with Gasteiger partial charge in [-0.05, 0) is 30.3 Å². The number of amides is 1. The van der Waals surface area contributed by atoms with Crippen LogP contribution in [0.15, 0.2) is 47.4 Å². The molecule has 0 radical (unpaired) electrons. The zero-order valence-corrected chi connectivity index (χ0v) is 13.2. The van der Waals surface area contributed by atoms with Crippen molar-refractivity contribution in [3.8, 4) is 0 Å². The van der Waals surface area contributed by atoms with Crippen molar-refractivity contribution in [3.05, 3.63) is 59.7 Å². The maximum atomic E-state index is 13.6. The lowest BCUT2D eigenvalue weighted by Crippen LogP contribution is -2.22. The molecule has 2 rings (SSSR count). The first-order chi connectivity index (χ1) is 10.7. The van der Waals surface area contributed by atoms with E-state index in [1.165, 1.54) is 38.4 Å². The first kappa shape index (κ1) is 17.0. The van der Waals surface area contributed by atoms with Crippen molar-refractivity contribution in [1.29, 1.82) is 0 Å². The van der Waals surface area contributed by atoms with Crippen LogP contribution in [-0.2, 0) is 10.0 Å². The molecule has 1 N–H and O–H groups in total. The monoisotopic (exact) mass is 340 g/mol. The third-order valence-electron chi connectivity index (χ3n) is 3.05. The summed E-state index contributed by atoms with van der Waals surface area (Å²) in [6.45, 7) is 0. The van der Waals surface area contributed by atoms with E-state index in [1.807, 2.05) is 0 Å². The Bertz CT molecular complexity index is 852. The Morgan fingerprint density at radius 1 is 1.09 bits per heavy atom. The van der Waals surface area contributed by atoms with Gasteiger partial charge in [-0.15, -0.1) is 0 Å². The second-order valence-electron chi connectivity index (χ2n) is 4.89. The molecule has 0 atom stereocenters. The molecule has 0 unspecified atom stereocenters. The Balaban J connectivity index is 2.29. The van der Waals surface area contributed by atoms with Crippen LogP contribution in [0, 0.1) is 11.6 Å². The highest BCUT2D eigenvalue weighted by atomic mass is 32.2. The third-order valence-corrected chi connectivity index (χ3v) is 4.86. The van der Waals surface area contributed by atoms with Crippen LogP contribution in [0.2, 0.25) is 0 Å². The standard InChI is InChI=1S/C15H14F2N2O3S/c1-19(2)23(21,22)12-5-3-4-11(9-12)18-15(20)13-7-6-10(16)8-14(13)17/h3-9H,1-2H3,(H,18,20). The van der Waals surface area contributed by atoms with Gasteiger partial charge in [-0.25, -0.2) is 21.5 Å². The Hall–Kier alpha value is -2.32. The smallest absolute Gasteiger partial charge is 0.258 e. The lowest BCUT2D eigenvalue weighted by Gasteiger charge is -2.13. The molecule has 1 amide bonds. The molecular weight excluding hydrogens is 326 g/mol. The fourth-order valence-electron chi connectivity index (χ4n) is 1.82. The second kappa shape index (κ2) is 6.43. The molecule has 0 saturated heterocycles. The summed E-state index contributed by atoms with van der Waals surface area (Å²) in [5.74, 6) is -2.60. The number of anilines is 1. The highest BCUT2D eigenvalue weighted by Gasteiger charge is 2.18. The molecule has 8 heteroatoms. The van der Waals surface area contributed by atoms with Crippen LogP contribution in [0.4, 0.5) is 14.5 Å². The Kier molecular flexibility index (Phi) is 4.76. The maximum absolute atomic E-state index is 13.6. The van der Waals surface area contributed by atoms with Crippen LogP contribution in [0.1, 0.15) is 10.4 Å². The van der Waals surface area contributed by atoms with Crippen LogP contribution in [0.5, 0.6) is 0 Å². The number of hydrogen-bond acceptors (Lipinski definition) is 3. The summed E-state index contributed by atoms with van der Waals surface area (Å²) < 4.78 is 51.6. The SMILES string of the molecule is CN(C)S(=O)(=O)c1cccc(NC(=O)c2ccc(F)cc2F)c1. The average molecular weight is 340 g/mol. The molecule has 0 aliphatic rings. The minimum Gasteiger partial charge on any atom is -0.322 e. The van der Waals surface area contributed by atoms with Crippen LogP contribution in [0.25, 0.3) is 0 Å². The number of carbonyl (C=O) groups excluding carboxylic acids is 1. The third kappa shape index (κ3) is 3.72. The first-order valence-corrected chi connectivity index (χ1v) is 7.95. The van der Waals surface area contributed by atoms with Gasteiger partial charge in [0, 0.05) is 25.8 Å². The Morgan fingerprint density at radius 3 is 2.39 bits per heavy atom. The molecular formula is C15H14F2N2O3S. The summed E-state index contributed by atoms with van der Waals surface area (Å²) in [5, 5.41) is 2.39. The van der Waals surface area contributed by atoms with Gasteiger partial charge in [-0.2, -0.15) is 0 Å². The number of rotatable bonds is 4. The lowest BCUT2D eigenvalue weighted by atomic mass is 10.2. The summed E-state index contributed by atoms with van der Waals surface area (Å²) in [6.07, 6.45) is 0. The number of sulfonamides is 1. The van der Waals surface area contributed by atoms with E-state index in [-0.39, 0.29) is 16.1 Å². The maximum Gasteiger partial charge on any atom is 0.258 e. The van der Waals surface area contributed by atoms with Crippen LogP contribution in [0.3, 0.4) is 0 Å². The van der Waals surface area contributed by atoms with E-state index in [0.717, 1.165) is 16.4 Å². The van der Waals surface area contributed by atoms with Gasteiger partial charge in [0.15, 0.2) is 0 Å². The summed E-state index contributed by atoms with van der Waals surface area (Å²) >= 11 is 0. The van der Waals surface area contributed by atoms with Gasteiger partial charge in [0.05, 0.1) is 10.5 Å². The largest absolute Gasteiger partial charge is 0.322 e. The molecule has 0 saturated carbocycles. The Labute approximate surface area is 132 Å². The van der Waals surface area contributed by atoms with Gasteiger partial charge in [0.25, 0.3) is 5.91 Å². The quantitative estimate of drug-likeness (QED) is 0.930. The van der Waals surface area contributed by atoms with Gasteiger partial charge < -0.3 is 5.32 Å². The van der Waals surface area contributed by atoms with Crippen molar-refractivity contribution in [2.45, 2.75) is 4.90 Å². The molecule has 0 aliphatic heterocycles. The van der Waals surface area contributed by atoms with Crippen LogP contribution in [-0.4, -0.2) is 32.7 Å². The van der Waals surface area contributed by atoms with Crippen molar-refractivity contribution < 1.29 is 22.0 Å². The summed E-state index contributed by atoms with van der Waals surface area (Å²) in [6, 6.07) is 8.13. The predicted octanol–water partition coefficient (Wildman–Crippen LogP) is 2.47. The number of halogens is 2. The van der Waals surface area contributed by atoms with E-state index in [9.17, 15) is 22.0 Å². The number of hydrogen-bond donors (Lipinski definition) is 1. The molecule has 0 bridgehead atoms. The van der Waals surface area contributed by atoms with Crippen molar-refractivity contribution in [1.82, 2.24) is 4.31 Å². The molecule has 23 heavy (non-hydrogen) atoms. The molecule has 0 heterocycles. The Morgan fingerprint density at radius 2 is 1.78 bits per heavy atom. The van der Waals surface area contributed by atoms with Crippen molar-refractivity contribution >= 4 is 21.6 Å². The molecule has 5 nitrogen and oxygen atoms in total. The predicted molar refractivity (Wildman–Crippen MR) is 81.6 cm³/mol. The lowest BCUT2D eigenvalue weighted by molar-refractivity contribution is 0.102. The molecule has 0 aliphatic carbocycles. The molecule has 0 spiro atoms. The molecule has 0 fully saturated rings. The molecule has 122 valence electrons. The number of nitrogens with zero attached hydrogens (tertiary/aromatic N) is 1. The van der Waals surface area contributed by atoms with Gasteiger partial charge in [0.2, 0.25) is 10.0 Å². The van der Waals surface area contributed by atoms with Gasteiger partial charge in [0.1, 0.15) is 11.6 Å². The van der Waals surface area contributed by atoms with Gasteiger partial charge >= 0.3 is 0 Å². The van der Waals surface area contributed by atoms with Crippen molar-refractivity contribution in [2.75, 3.05) is 19.4 Å². The summed E-state index contributed by atoms with van der Waals surface area (Å²) in [5.41, 5.74) is -0.158. The highest BCUT2D eigenvalue weighted by molar-refractivity contribution is 7.89. The minimum absolute atomic E-state index is 0.0140. The van der Waals surface area contributed by atoms with Crippen LogP contribution >= 0.6 is 0 Å². The number of benzene rings is 2. The fourth-order valence-corrected chi connectivity index (χ4v) is 2.77. The van der Waals surface area contributed by atoms with Gasteiger partial charge in [-0.1, -0.05) is 6.07 Å². The van der Waals surface area contributed by atoms with Crippen molar-refractivity contribution in [3.63, 3.8) is 0 Å². The topological polar surface area (TPSA) is 66.5 Å².